The molecule has 2 aliphatic rings. The van der Waals surface area contributed by atoms with Crippen LogP contribution in [0, 0.1) is 13.8 Å². The molecule has 0 unspecified atom stereocenters. The molecule has 0 aromatic carbocycles. The predicted molar refractivity (Wildman–Crippen MR) is 112 cm³/mol. The zero-order valence-electron chi connectivity index (χ0n) is 17.4. The maximum Gasteiger partial charge on any atom is 0.260 e. The second-order valence-corrected chi connectivity index (χ2v) is 9.90. The highest BCUT2D eigenvalue weighted by atomic mass is 32.1. The van der Waals surface area contributed by atoms with Gasteiger partial charge in [-0.25, -0.2) is 4.98 Å². The normalized spacial score (nSPS) is 21.8. The first kappa shape index (κ1) is 20.0. The quantitative estimate of drug-likeness (QED) is 0.689. The molecule has 0 radical (unpaired) electrons. The SMILES string of the molecule is Cc1sc2nc([C@@H](C)[NH2+]CC3([NH+]4CCOCC4)CCCCC3)[nH]c(=O)c2c1C. The lowest BCUT2D eigenvalue weighted by Gasteiger charge is -2.43. The topological polar surface area (TPSA) is 76.0 Å². The molecule has 4 rings (SSSR count). The number of H-pyrrole nitrogens is 1. The monoisotopic (exact) mass is 406 g/mol. The van der Waals surface area contributed by atoms with E-state index in [-0.39, 0.29) is 11.6 Å². The minimum Gasteiger partial charge on any atom is -0.370 e. The molecule has 7 heteroatoms. The van der Waals surface area contributed by atoms with Crippen molar-refractivity contribution in [3.8, 4) is 0 Å². The molecular formula is C21H34N4O2S+2. The average molecular weight is 407 g/mol. The Morgan fingerprint density at radius 2 is 1.96 bits per heavy atom. The van der Waals surface area contributed by atoms with Crippen LogP contribution in [0.4, 0.5) is 0 Å². The summed E-state index contributed by atoms with van der Waals surface area (Å²) >= 11 is 1.63. The fourth-order valence-corrected chi connectivity index (χ4v) is 6.12. The van der Waals surface area contributed by atoms with Crippen molar-refractivity contribution in [3.63, 3.8) is 0 Å². The van der Waals surface area contributed by atoms with Crippen molar-refractivity contribution >= 4 is 21.6 Å². The molecule has 1 saturated carbocycles. The summed E-state index contributed by atoms with van der Waals surface area (Å²) in [7, 11) is 0. The molecule has 2 aromatic heterocycles. The Labute approximate surface area is 170 Å². The molecule has 1 saturated heterocycles. The Balaban J connectivity index is 1.53. The van der Waals surface area contributed by atoms with Crippen molar-refractivity contribution in [2.45, 2.75) is 64.5 Å². The second kappa shape index (κ2) is 8.22. The van der Waals surface area contributed by atoms with Crippen molar-refractivity contribution in [3.05, 3.63) is 26.6 Å². The van der Waals surface area contributed by atoms with Crippen LogP contribution < -0.4 is 15.8 Å². The first-order valence-corrected chi connectivity index (χ1v) is 11.6. The average Bonchev–Trinajstić information content (AvgIpc) is 3.01. The number of aromatic amines is 1. The summed E-state index contributed by atoms with van der Waals surface area (Å²) in [6.07, 6.45) is 6.64. The highest BCUT2D eigenvalue weighted by molar-refractivity contribution is 7.18. The molecular weight excluding hydrogens is 372 g/mol. The van der Waals surface area contributed by atoms with Crippen molar-refractivity contribution in [2.75, 3.05) is 32.8 Å². The lowest BCUT2D eigenvalue weighted by Crippen LogP contribution is -3.24. The third kappa shape index (κ3) is 3.77. The molecule has 1 aliphatic heterocycles. The summed E-state index contributed by atoms with van der Waals surface area (Å²) in [4.78, 5) is 24.3. The summed E-state index contributed by atoms with van der Waals surface area (Å²) in [5, 5.41) is 3.17. The van der Waals surface area contributed by atoms with E-state index in [0.717, 1.165) is 54.5 Å². The van der Waals surface area contributed by atoms with Crippen LogP contribution in [0.3, 0.4) is 0 Å². The molecule has 0 amide bonds. The van der Waals surface area contributed by atoms with Crippen LogP contribution >= 0.6 is 11.3 Å². The van der Waals surface area contributed by atoms with Gasteiger partial charge in [-0.15, -0.1) is 11.3 Å². The van der Waals surface area contributed by atoms with Gasteiger partial charge in [0.1, 0.15) is 36.0 Å². The lowest BCUT2D eigenvalue weighted by atomic mass is 9.79. The van der Waals surface area contributed by atoms with Crippen LogP contribution in [0.5, 0.6) is 0 Å². The lowest BCUT2D eigenvalue weighted by molar-refractivity contribution is -0.976. The fraction of sp³-hybridized carbons (Fsp3) is 0.714. The van der Waals surface area contributed by atoms with E-state index in [1.807, 2.05) is 6.92 Å². The third-order valence-electron chi connectivity index (χ3n) is 7.01. The van der Waals surface area contributed by atoms with Gasteiger partial charge in [0.25, 0.3) is 5.56 Å². The van der Waals surface area contributed by atoms with Gasteiger partial charge in [0.05, 0.1) is 18.6 Å². The molecule has 0 spiro atoms. The van der Waals surface area contributed by atoms with E-state index in [2.05, 4.69) is 24.1 Å². The van der Waals surface area contributed by atoms with Crippen LogP contribution in [-0.2, 0) is 4.74 Å². The summed E-state index contributed by atoms with van der Waals surface area (Å²) in [5.41, 5.74) is 1.42. The standard InChI is InChI=1S/C21H32N4O2S/c1-14-16(3)28-20-17(14)19(26)23-18(24-20)15(2)22-13-21(7-5-4-6-8-21)25-9-11-27-12-10-25/h15,22H,4-13H2,1-3H3,(H,23,24,26)/p+2/t15-/m1/s1. The first-order chi connectivity index (χ1) is 13.5. The molecule has 1 aliphatic carbocycles. The molecule has 3 heterocycles. The van der Waals surface area contributed by atoms with E-state index in [9.17, 15) is 4.79 Å². The van der Waals surface area contributed by atoms with Crippen LogP contribution in [0.2, 0.25) is 0 Å². The van der Waals surface area contributed by atoms with Crippen LogP contribution in [0.15, 0.2) is 4.79 Å². The molecule has 1 atom stereocenters. The fourth-order valence-electron chi connectivity index (χ4n) is 5.08. The van der Waals surface area contributed by atoms with Gasteiger partial charge >= 0.3 is 0 Å². The Morgan fingerprint density at radius 3 is 2.68 bits per heavy atom. The largest absolute Gasteiger partial charge is 0.370 e. The number of hydrogen-bond donors (Lipinski definition) is 3. The summed E-state index contributed by atoms with van der Waals surface area (Å²) in [6.45, 7) is 11.3. The van der Waals surface area contributed by atoms with Gasteiger partial charge in [0.2, 0.25) is 0 Å². The van der Waals surface area contributed by atoms with E-state index in [4.69, 9.17) is 9.72 Å². The first-order valence-electron chi connectivity index (χ1n) is 10.8. The number of aromatic nitrogens is 2. The Kier molecular flexibility index (Phi) is 5.88. The van der Waals surface area contributed by atoms with Gasteiger partial charge in [-0.2, -0.15) is 0 Å². The van der Waals surface area contributed by atoms with Crippen LogP contribution in [0.25, 0.3) is 10.2 Å². The number of morpholine rings is 1. The number of nitrogens with two attached hydrogens (primary N) is 1. The predicted octanol–water partition coefficient (Wildman–Crippen LogP) is 0.844. The zero-order valence-corrected chi connectivity index (χ0v) is 18.2. The van der Waals surface area contributed by atoms with Crippen molar-refractivity contribution in [1.29, 1.82) is 0 Å². The maximum atomic E-state index is 12.6. The number of nitrogens with zero attached hydrogens (tertiary/aromatic N) is 1. The highest BCUT2D eigenvalue weighted by Crippen LogP contribution is 2.27. The molecule has 2 fully saturated rings. The van der Waals surface area contributed by atoms with Crippen LogP contribution in [-0.4, -0.2) is 48.4 Å². The zero-order chi connectivity index (χ0) is 19.7. The number of ether oxygens (including phenoxy) is 1. The second-order valence-electron chi connectivity index (χ2n) is 8.70. The van der Waals surface area contributed by atoms with Gasteiger partial charge in [-0.05, 0) is 39.2 Å². The van der Waals surface area contributed by atoms with Gasteiger partial charge < -0.3 is 19.9 Å². The summed E-state index contributed by atoms with van der Waals surface area (Å²) in [5.74, 6) is 0.807. The number of fused-ring (bicyclic) bond motifs is 1. The van der Waals surface area contributed by atoms with Gasteiger partial charge in [-0.3, -0.25) is 4.79 Å². The van der Waals surface area contributed by atoms with Crippen molar-refractivity contribution in [2.24, 2.45) is 0 Å². The molecule has 28 heavy (non-hydrogen) atoms. The van der Waals surface area contributed by atoms with E-state index >= 15 is 0 Å². The summed E-state index contributed by atoms with van der Waals surface area (Å²) in [6, 6.07) is 0.152. The molecule has 4 N–H and O–H groups in total. The number of nitrogens with one attached hydrogen (secondary N) is 2. The Morgan fingerprint density at radius 1 is 1.25 bits per heavy atom. The van der Waals surface area contributed by atoms with E-state index < -0.39 is 0 Å². The van der Waals surface area contributed by atoms with Crippen LogP contribution in [0.1, 0.15) is 61.3 Å². The van der Waals surface area contributed by atoms with E-state index in [1.54, 1.807) is 16.2 Å². The van der Waals surface area contributed by atoms with Gasteiger partial charge in [0.15, 0.2) is 5.82 Å². The smallest absolute Gasteiger partial charge is 0.260 e. The number of thiophene rings is 1. The number of hydrogen-bond acceptors (Lipinski definition) is 4. The molecule has 0 bridgehead atoms. The molecule has 154 valence electrons. The summed E-state index contributed by atoms with van der Waals surface area (Å²) < 4.78 is 5.62. The Hall–Kier alpha value is -1.28. The Bertz CT molecular complexity index is 878. The maximum absolute atomic E-state index is 12.6. The van der Waals surface area contributed by atoms with Gasteiger partial charge in [-0.1, -0.05) is 6.42 Å². The van der Waals surface area contributed by atoms with Gasteiger partial charge in [0, 0.05) is 17.7 Å². The van der Waals surface area contributed by atoms with E-state index in [0.29, 0.717) is 5.54 Å². The minimum absolute atomic E-state index is 0.00767. The number of rotatable bonds is 5. The van der Waals surface area contributed by atoms with Crippen molar-refractivity contribution < 1.29 is 15.0 Å². The molecule has 6 nitrogen and oxygen atoms in total. The van der Waals surface area contributed by atoms with Crippen molar-refractivity contribution in [1.82, 2.24) is 9.97 Å². The number of aryl methyl sites for hydroxylation is 2. The molecule has 2 aromatic rings. The third-order valence-corrected chi connectivity index (χ3v) is 8.11. The van der Waals surface area contributed by atoms with E-state index in [1.165, 1.54) is 37.0 Å². The minimum atomic E-state index is 0.00767. The highest BCUT2D eigenvalue weighted by Gasteiger charge is 2.44. The number of quaternary nitrogens is 2.